The van der Waals surface area contributed by atoms with Gasteiger partial charge in [-0.2, -0.15) is 0 Å². The molecule has 0 bridgehead atoms. The van der Waals surface area contributed by atoms with Gasteiger partial charge in [-0.3, -0.25) is 13.9 Å². The molecule has 0 aromatic heterocycles. The Morgan fingerprint density at radius 2 is 1.68 bits per heavy atom. The lowest BCUT2D eigenvalue weighted by atomic mass is 10.1. The van der Waals surface area contributed by atoms with Crippen LogP contribution in [0.4, 0.5) is 5.69 Å². The molecule has 2 amide bonds. The molecule has 0 aliphatic heterocycles. The predicted octanol–water partition coefficient (Wildman–Crippen LogP) is 5.43. The van der Waals surface area contributed by atoms with Crippen LogP contribution in [0.25, 0.3) is 0 Å². The van der Waals surface area contributed by atoms with Crippen molar-refractivity contribution in [3.63, 3.8) is 0 Å². The summed E-state index contributed by atoms with van der Waals surface area (Å²) < 4.78 is 34.4. The molecule has 1 atom stereocenters. The molecule has 0 radical (unpaired) electrons. The summed E-state index contributed by atoms with van der Waals surface area (Å²) in [6.07, 6.45) is 0.335. The van der Waals surface area contributed by atoms with E-state index in [0.717, 1.165) is 9.87 Å². The molecule has 41 heavy (non-hydrogen) atoms. The second-order valence-corrected chi connectivity index (χ2v) is 12.4. The number of rotatable bonds is 13. The predicted molar refractivity (Wildman–Crippen MR) is 163 cm³/mol. The lowest BCUT2D eigenvalue weighted by Gasteiger charge is -2.33. The Morgan fingerprint density at radius 1 is 1.00 bits per heavy atom. The van der Waals surface area contributed by atoms with Crippen molar-refractivity contribution in [2.45, 2.75) is 51.6 Å². The Labute approximate surface area is 248 Å². The first-order valence-electron chi connectivity index (χ1n) is 13.5. The zero-order valence-corrected chi connectivity index (χ0v) is 25.7. The number of nitrogens with zero attached hydrogens (tertiary/aromatic N) is 2. The maximum atomic E-state index is 14.2. The van der Waals surface area contributed by atoms with Crippen LogP contribution in [0.5, 0.6) is 5.75 Å². The highest BCUT2D eigenvalue weighted by molar-refractivity contribution is 7.92. The molecule has 0 aliphatic rings. The summed E-state index contributed by atoms with van der Waals surface area (Å²) in [5.74, 6) is -0.00144. The molecular weight excluding hydrogens is 562 g/mol. The number of anilines is 1. The van der Waals surface area contributed by atoms with Crippen LogP contribution >= 0.6 is 11.6 Å². The van der Waals surface area contributed by atoms with Gasteiger partial charge in [-0.15, -0.1) is 0 Å². The van der Waals surface area contributed by atoms with E-state index in [9.17, 15) is 18.0 Å². The summed E-state index contributed by atoms with van der Waals surface area (Å²) in [6, 6.07) is 19.2. The third-order valence-corrected chi connectivity index (χ3v) is 8.86. The molecule has 10 heteroatoms. The lowest BCUT2D eigenvalue weighted by molar-refractivity contribution is -0.140. The van der Waals surface area contributed by atoms with Gasteiger partial charge in [-0.25, -0.2) is 8.42 Å². The third-order valence-electron chi connectivity index (χ3n) is 6.68. The average Bonchev–Trinajstić information content (AvgIpc) is 2.96. The standard InChI is InChI=1S/C31H38ClN3O5S/c1-6-28(31(37)33-19-22(2)3)34(20-24-12-10-13-25(18-24)40-5)30(36)21-35(29-17-11-16-27(32)23(29)4)41(38,39)26-14-8-7-9-15-26/h7-18,22,28H,6,19-21H2,1-5H3,(H,33,37)/t28-/m1/s1. The molecule has 0 heterocycles. The monoisotopic (exact) mass is 599 g/mol. The molecule has 0 aliphatic carbocycles. The molecule has 0 saturated carbocycles. The van der Waals surface area contributed by atoms with E-state index < -0.39 is 28.5 Å². The first kappa shape index (κ1) is 32.0. The number of hydrogen-bond acceptors (Lipinski definition) is 5. The van der Waals surface area contributed by atoms with Crippen LogP contribution in [0.1, 0.15) is 38.3 Å². The molecule has 3 aromatic rings. The van der Waals surface area contributed by atoms with E-state index in [1.807, 2.05) is 26.8 Å². The fourth-order valence-electron chi connectivity index (χ4n) is 4.41. The number of nitrogens with one attached hydrogen (secondary N) is 1. The first-order chi connectivity index (χ1) is 19.5. The minimum Gasteiger partial charge on any atom is -0.497 e. The quantitative estimate of drug-likeness (QED) is 0.283. The Kier molecular flexibility index (Phi) is 11.2. The van der Waals surface area contributed by atoms with Gasteiger partial charge in [0.2, 0.25) is 11.8 Å². The number of sulfonamides is 1. The Hall–Kier alpha value is -3.56. The van der Waals surface area contributed by atoms with E-state index >= 15 is 0 Å². The van der Waals surface area contributed by atoms with E-state index in [1.165, 1.54) is 17.0 Å². The Balaban J connectivity index is 2.09. The second kappa shape index (κ2) is 14.4. The molecule has 3 aromatic carbocycles. The van der Waals surface area contributed by atoms with Crippen molar-refractivity contribution >= 4 is 39.1 Å². The molecular formula is C31H38ClN3O5S. The van der Waals surface area contributed by atoms with Crippen molar-refractivity contribution in [3.05, 3.63) is 88.9 Å². The highest BCUT2D eigenvalue weighted by Gasteiger charge is 2.34. The first-order valence-corrected chi connectivity index (χ1v) is 15.3. The maximum Gasteiger partial charge on any atom is 0.264 e. The SMILES string of the molecule is CC[C@H](C(=O)NCC(C)C)N(Cc1cccc(OC)c1)C(=O)CN(c1cccc(Cl)c1C)S(=O)(=O)c1ccccc1. The molecule has 220 valence electrons. The highest BCUT2D eigenvalue weighted by atomic mass is 35.5. The van der Waals surface area contributed by atoms with Gasteiger partial charge in [0.1, 0.15) is 18.3 Å². The Bertz CT molecular complexity index is 1450. The van der Waals surface area contributed by atoms with E-state index in [2.05, 4.69) is 5.32 Å². The van der Waals surface area contributed by atoms with Crippen molar-refractivity contribution in [1.82, 2.24) is 10.2 Å². The third kappa shape index (κ3) is 8.01. The van der Waals surface area contributed by atoms with Crippen LogP contribution < -0.4 is 14.4 Å². The van der Waals surface area contributed by atoms with Gasteiger partial charge in [-0.1, -0.05) is 68.8 Å². The van der Waals surface area contributed by atoms with E-state index in [0.29, 0.717) is 29.3 Å². The van der Waals surface area contributed by atoms with Gasteiger partial charge < -0.3 is 15.0 Å². The van der Waals surface area contributed by atoms with Crippen LogP contribution in [0.2, 0.25) is 5.02 Å². The van der Waals surface area contributed by atoms with Crippen LogP contribution in [0.15, 0.2) is 77.7 Å². The maximum absolute atomic E-state index is 14.2. The van der Waals surface area contributed by atoms with E-state index in [-0.39, 0.29) is 29.0 Å². The van der Waals surface area contributed by atoms with Crippen molar-refractivity contribution in [1.29, 1.82) is 0 Å². The summed E-state index contributed by atoms with van der Waals surface area (Å²) >= 11 is 6.38. The van der Waals surface area contributed by atoms with Gasteiger partial charge in [-0.05, 0) is 66.8 Å². The number of ether oxygens (including phenoxy) is 1. The summed E-state index contributed by atoms with van der Waals surface area (Å²) in [5.41, 5.74) is 1.54. The van der Waals surface area contributed by atoms with E-state index in [4.69, 9.17) is 16.3 Å². The summed E-state index contributed by atoms with van der Waals surface area (Å²) in [6.45, 7) is 7.50. The van der Waals surface area contributed by atoms with Crippen molar-refractivity contribution in [3.8, 4) is 5.75 Å². The van der Waals surface area contributed by atoms with Crippen molar-refractivity contribution in [2.75, 3.05) is 24.5 Å². The van der Waals surface area contributed by atoms with Crippen LogP contribution in [0, 0.1) is 12.8 Å². The smallest absolute Gasteiger partial charge is 0.264 e. The minimum atomic E-state index is -4.17. The molecule has 0 spiro atoms. The zero-order valence-electron chi connectivity index (χ0n) is 24.1. The average molecular weight is 600 g/mol. The van der Waals surface area contributed by atoms with Crippen LogP contribution in [-0.4, -0.2) is 51.4 Å². The molecule has 0 saturated heterocycles. The number of benzene rings is 3. The molecule has 0 fully saturated rings. The van der Waals surface area contributed by atoms with Gasteiger partial charge >= 0.3 is 0 Å². The van der Waals surface area contributed by atoms with Crippen LogP contribution in [0.3, 0.4) is 0 Å². The minimum absolute atomic E-state index is 0.0354. The molecule has 1 N–H and O–H groups in total. The van der Waals surface area contributed by atoms with Crippen molar-refractivity contribution in [2.24, 2.45) is 5.92 Å². The fraction of sp³-hybridized carbons (Fsp3) is 0.355. The number of halogens is 1. The lowest BCUT2D eigenvalue weighted by Crippen LogP contribution is -2.52. The molecule has 0 unspecified atom stereocenters. The largest absolute Gasteiger partial charge is 0.497 e. The topological polar surface area (TPSA) is 96.0 Å². The normalized spacial score (nSPS) is 12.1. The fourth-order valence-corrected chi connectivity index (χ4v) is 6.07. The number of methoxy groups -OCH3 is 1. The summed E-state index contributed by atoms with van der Waals surface area (Å²) in [4.78, 5) is 29.0. The highest BCUT2D eigenvalue weighted by Crippen LogP contribution is 2.31. The molecule has 8 nitrogen and oxygen atoms in total. The second-order valence-electron chi connectivity index (χ2n) is 10.1. The summed E-state index contributed by atoms with van der Waals surface area (Å²) in [5, 5.41) is 3.30. The number of hydrogen-bond donors (Lipinski definition) is 1. The zero-order chi connectivity index (χ0) is 30.2. The number of carbonyl (C=O) groups excluding carboxylic acids is 2. The Morgan fingerprint density at radius 3 is 2.32 bits per heavy atom. The van der Waals surface area contributed by atoms with Crippen molar-refractivity contribution < 1.29 is 22.7 Å². The van der Waals surface area contributed by atoms with Gasteiger partial charge in [0.05, 0.1) is 17.7 Å². The number of carbonyl (C=O) groups is 2. The molecule has 3 rings (SSSR count). The van der Waals surface area contributed by atoms with Gasteiger partial charge in [0.25, 0.3) is 10.0 Å². The number of amides is 2. The van der Waals surface area contributed by atoms with Gasteiger partial charge in [0, 0.05) is 18.1 Å². The van der Waals surface area contributed by atoms with E-state index in [1.54, 1.807) is 68.6 Å². The van der Waals surface area contributed by atoms with Crippen LogP contribution in [-0.2, 0) is 26.2 Å². The summed E-state index contributed by atoms with van der Waals surface area (Å²) in [7, 11) is -2.62. The van der Waals surface area contributed by atoms with Gasteiger partial charge in [0.15, 0.2) is 0 Å².